The van der Waals surface area contributed by atoms with Crippen molar-refractivity contribution >= 4 is 35.8 Å². The molecule has 18 atom stereocenters. The molecule has 18 rings (SSSR count). The summed E-state index contributed by atoms with van der Waals surface area (Å²) in [6.45, 7) is 36.3. The molecule has 0 aromatic heterocycles. The molecule has 18 aliphatic carbocycles. The van der Waals surface area contributed by atoms with E-state index in [1.165, 1.54) is 148 Å². The zero-order valence-corrected chi connectivity index (χ0v) is 70.2. The summed E-state index contributed by atoms with van der Waals surface area (Å²) < 4.78 is 35.2. The van der Waals surface area contributed by atoms with Crippen molar-refractivity contribution in [3.8, 4) is 0 Å². The van der Waals surface area contributed by atoms with Crippen LogP contribution in [-0.2, 0) is 57.2 Å². The molecule has 14 bridgehead atoms. The number of rotatable bonds is 18. The first-order valence-electron chi connectivity index (χ1n) is 44.8. The van der Waals surface area contributed by atoms with Crippen LogP contribution in [-0.4, -0.2) is 71.4 Å². The zero-order valence-electron chi connectivity index (χ0n) is 70.2. The summed E-state index contributed by atoms with van der Waals surface area (Å²) in [4.78, 5) is 73.0. The van der Waals surface area contributed by atoms with Crippen LogP contribution in [0.25, 0.3) is 0 Å². The fraction of sp³-hybridized carbons (Fsp3) is 0.939. The van der Waals surface area contributed by atoms with Gasteiger partial charge in [0.15, 0.2) is 0 Å². The van der Waals surface area contributed by atoms with Gasteiger partial charge in [-0.2, -0.15) is 0 Å². The molecule has 12 heteroatoms. The lowest BCUT2D eigenvalue weighted by Gasteiger charge is -2.56. The minimum atomic E-state index is -0.316. The molecule has 0 N–H and O–H groups in total. The summed E-state index contributed by atoms with van der Waals surface area (Å²) in [5.41, 5.74) is -2.03. The van der Waals surface area contributed by atoms with Gasteiger partial charge in [0.05, 0.1) is 32.5 Å². The minimum Gasteiger partial charge on any atom is -0.462 e. The summed E-state index contributed by atoms with van der Waals surface area (Å²) in [5, 5.41) is 0. The molecule has 18 saturated carbocycles. The number of fused-ring (bicyclic) bond motifs is 20. The number of ether oxygens (including phenoxy) is 6. The van der Waals surface area contributed by atoms with Crippen molar-refractivity contribution in [2.24, 2.45) is 139 Å². The van der Waals surface area contributed by atoms with E-state index in [0.29, 0.717) is 17.8 Å². The quantitative estimate of drug-likeness (QED) is 0.0728. The molecule has 0 spiro atoms. The largest absolute Gasteiger partial charge is 0.462 e. The molecule has 0 amide bonds. The summed E-state index contributed by atoms with van der Waals surface area (Å²) in [6.07, 6.45) is 48.5. The highest BCUT2D eigenvalue weighted by atomic mass is 16.6. The van der Waals surface area contributed by atoms with E-state index in [2.05, 4.69) is 34.6 Å². The lowest BCUT2D eigenvalue weighted by molar-refractivity contribution is -0.196. The number of carbonyl (C=O) groups excluding carboxylic acids is 6. The normalized spacial score (nSPS) is 37.2. The van der Waals surface area contributed by atoms with Gasteiger partial charge in [-0.25, -0.2) is 0 Å². The van der Waals surface area contributed by atoms with E-state index in [9.17, 15) is 28.8 Å². The average Bonchev–Trinajstić information content (AvgIpc) is 1.56. The Morgan fingerprint density at radius 3 is 1.14 bits per heavy atom. The van der Waals surface area contributed by atoms with Crippen LogP contribution in [0.2, 0.25) is 0 Å². The number of hydrogen-bond acceptors (Lipinski definition) is 12. The van der Waals surface area contributed by atoms with E-state index < -0.39 is 0 Å². The van der Waals surface area contributed by atoms with Crippen molar-refractivity contribution in [3.05, 3.63) is 0 Å². The Bertz CT molecular complexity index is 2910. The van der Waals surface area contributed by atoms with Crippen LogP contribution >= 0.6 is 0 Å². The van der Waals surface area contributed by atoms with Crippen LogP contribution in [0.1, 0.15) is 420 Å². The zero-order chi connectivity index (χ0) is 76.0. The van der Waals surface area contributed by atoms with Crippen LogP contribution < -0.4 is 0 Å². The van der Waals surface area contributed by atoms with E-state index in [-0.39, 0.29) is 148 Å². The Kier molecular flexibility index (Phi) is 35.1. The second-order valence-electron chi connectivity index (χ2n) is 42.7. The lowest BCUT2D eigenvalue weighted by atomic mass is 9.54. The van der Waals surface area contributed by atoms with Gasteiger partial charge in [0.25, 0.3) is 0 Å². The Balaban J connectivity index is 0.000000236. The molecule has 0 aromatic carbocycles. The summed E-state index contributed by atoms with van der Waals surface area (Å²) in [6, 6.07) is 0. The Hall–Kier alpha value is -3.18. The topological polar surface area (TPSA) is 158 Å². The van der Waals surface area contributed by atoms with Gasteiger partial charge in [0, 0.05) is 0 Å². The molecule has 646 valence electrons. The maximum atomic E-state index is 12.4. The highest BCUT2D eigenvalue weighted by molar-refractivity contribution is 5.78. The van der Waals surface area contributed by atoms with Gasteiger partial charge in [-0.1, -0.05) is 118 Å². The number of hydrogen-bond donors (Lipinski definition) is 0. The summed E-state index contributed by atoms with van der Waals surface area (Å²) in [7, 11) is 0. The van der Waals surface area contributed by atoms with Gasteiger partial charge in [-0.05, 0) is 408 Å². The predicted molar refractivity (Wildman–Crippen MR) is 457 cm³/mol. The van der Waals surface area contributed by atoms with Crippen molar-refractivity contribution in [3.63, 3.8) is 0 Å². The lowest BCUT2D eigenvalue weighted by Crippen LogP contribution is -2.53. The summed E-state index contributed by atoms with van der Waals surface area (Å²) in [5.74, 6) is 15.7. The maximum Gasteiger partial charge on any atom is 0.312 e. The molecule has 18 fully saturated rings. The van der Waals surface area contributed by atoms with Crippen LogP contribution in [0.15, 0.2) is 0 Å². The van der Waals surface area contributed by atoms with Gasteiger partial charge in [-0.15, -0.1) is 0 Å². The van der Waals surface area contributed by atoms with Crippen molar-refractivity contribution in [1.82, 2.24) is 0 Å². The van der Waals surface area contributed by atoms with Gasteiger partial charge in [0.2, 0.25) is 0 Å². The van der Waals surface area contributed by atoms with Crippen LogP contribution in [0.5, 0.6) is 0 Å². The molecule has 18 aliphatic rings. The minimum absolute atomic E-state index is 0. The number of esters is 6. The molecule has 0 heterocycles. The van der Waals surface area contributed by atoms with Gasteiger partial charge in [-0.3, -0.25) is 28.8 Å². The van der Waals surface area contributed by atoms with E-state index in [0.717, 1.165) is 192 Å². The van der Waals surface area contributed by atoms with E-state index in [4.69, 9.17) is 28.4 Å². The fourth-order valence-corrected chi connectivity index (χ4v) is 24.3. The first-order chi connectivity index (χ1) is 49.5. The van der Waals surface area contributed by atoms with Crippen molar-refractivity contribution < 1.29 is 57.2 Å². The molecule has 12 nitrogen and oxygen atoms in total. The second kappa shape index (κ2) is 39.6. The molecule has 0 saturated heterocycles. The fourth-order valence-electron chi connectivity index (χ4n) is 24.3. The molecule has 18 unspecified atom stereocenters. The third-order valence-electron chi connectivity index (χ3n) is 33.5. The Morgan fingerprint density at radius 2 is 0.667 bits per heavy atom. The van der Waals surface area contributed by atoms with Gasteiger partial charge < -0.3 is 28.4 Å². The third kappa shape index (κ3) is 22.2. The standard InChI is InChI=1S/C18H28O2.2C16H26O2.C16H28O2.C14H24O2.C13H22O2.6CH4/c1-4-18(2,3)17(19)20-14-9-12-8-13(14)16-11-6-5-10(7-11)15(12)16;1-4-15(2,3)14(17)18-16-8-11-5-12(9-16)7-13(6-11)10-16;1-4-16(2,3)15(17)18-14-9-10-8-13(14)12-7-5-6-11(10)12;1-4-16(2,3)15(17)18-14-10-9-12-7-5-6-8-13(12)11-14;1-4-13(2,3)12(15)16-14-8-5-11(6-9-14)7-10-14;1-4-13(2,3)12(14)15-11-8-9-5-6-10(11)7-9;;;;;;/h10-16H,4-9H2,1-3H3;11-13H,4-10H2,1-3H3;10-14H,4-9H2,1-3H3;12-14H,4-11H2,1-3H3;11H,4-10H2,1-3H3;9-11H,4-8H2,1-3H3;6*1H4. The highest BCUT2D eigenvalue weighted by Gasteiger charge is 2.64. The SMILES string of the molecule is C.C.C.C.C.C.CCC(C)(C)C(=O)OC12CC3CC(CC(C3)C1)C2.CCC(C)(C)C(=O)OC12CCC(CC1)CC2.CCC(C)(C)C(=O)OC1CC2CC1C1C3CCC(C3)C21.CCC(C)(C)C(=O)OC1CC2CC1C1CCCC21.CCC(C)(C)C(=O)OC1CC2CCC1C2.CCC(C)(C)C(=O)OC1CCC2CCCCC2C1. The van der Waals surface area contributed by atoms with E-state index in [1.807, 2.05) is 90.0 Å². The van der Waals surface area contributed by atoms with E-state index in [1.54, 1.807) is 0 Å². The van der Waals surface area contributed by atoms with Crippen molar-refractivity contribution in [2.75, 3.05) is 0 Å². The molecule has 111 heavy (non-hydrogen) atoms. The molecule has 0 aliphatic heterocycles. The monoisotopic (exact) mass is 1560 g/mol. The Morgan fingerprint density at radius 1 is 0.270 bits per heavy atom. The second-order valence-corrected chi connectivity index (χ2v) is 42.7. The van der Waals surface area contributed by atoms with Gasteiger partial charge >= 0.3 is 35.8 Å². The smallest absolute Gasteiger partial charge is 0.312 e. The van der Waals surface area contributed by atoms with E-state index >= 15 is 0 Å². The molecular formula is C99H178O12. The summed E-state index contributed by atoms with van der Waals surface area (Å²) >= 11 is 0. The highest BCUT2D eigenvalue weighted by Crippen LogP contribution is 2.68. The first-order valence-corrected chi connectivity index (χ1v) is 44.8. The van der Waals surface area contributed by atoms with Crippen LogP contribution in [0.4, 0.5) is 0 Å². The van der Waals surface area contributed by atoms with Crippen molar-refractivity contribution in [1.29, 1.82) is 0 Å². The number of carbonyl (C=O) groups is 6. The van der Waals surface area contributed by atoms with Crippen molar-refractivity contribution in [2.45, 2.75) is 455 Å². The third-order valence-corrected chi connectivity index (χ3v) is 33.5. The predicted octanol–water partition coefficient (Wildman–Crippen LogP) is 26.7. The van der Waals surface area contributed by atoms with Crippen LogP contribution in [0.3, 0.4) is 0 Å². The average molecular weight is 1560 g/mol. The molecule has 0 aromatic rings. The van der Waals surface area contributed by atoms with Gasteiger partial charge in [0.1, 0.15) is 35.6 Å². The molecule has 0 radical (unpaired) electrons. The van der Waals surface area contributed by atoms with Crippen LogP contribution in [0, 0.1) is 139 Å². The Labute approximate surface area is 683 Å². The molecular weight excluding hydrogens is 1380 g/mol. The maximum absolute atomic E-state index is 12.4. The first kappa shape index (κ1) is 98.4.